The molecule has 1 aliphatic heterocycles. The number of nitrogens with one attached hydrogen (secondary N) is 1. The molecule has 146 valence electrons. The maximum atomic E-state index is 15.4. The molecule has 0 spiro atoms. The molecule has 0 amide bonds. The summed E-state index contributed by atoms with van der Waals surface area (Å²) >= 11 is 2.22. The van der Waals surface area contributed by atoms with Crippen LogP contribution in [0, 0.1) is 0 Å². The Morgan fingerprint density at radius 1 is 1.17 bits per heavy atom. The average Bonchev–Trinajstić information content (AvgIpc) is 3.33. The predicted octanol–water partition coefficient (Wildman–Crippen LogP) is 3.86. The van der Waals surface area contributed by atoms with Crippen LogP contribution in [0.1, 0.15) is 17.0 Å². The minimum atomic E-state index is -3.37. The second kappa shape index (κ2) is 6.58. The van der Waals surface area contributed by atoms with Gasteiger partial charge in [0.2, 0.25) is 5.82 Å². The number of nitrogens with zero attached hydrogens (tertiary/aromatic N) is 6. The molecule has 0 aliphatic carbocycles. The largest absolute Gasteiger partial charge is 0.370 e. The van der Waals surface area contributed by atoms with Crippen LogP contribution >= 0.6 is 22.6 Å². The third kappa shape index (κ3) is 3.07. The molecule has 4 aromatic rings. The maximum Gasteiger partial charge on any atom is 0.333 e. The lowest BCUT2D eigenvalue weighted by molar-refractivity contribution is 0.0306. The third-order valence-corrected chi connectivity index (χ3v) is 5.42. The first-order valence-corrected chi connectivity index (χ1v) is 9.99. The van der Waals surface area contributed by atoms with Crippen molar-refractivity contribution in [1.29, 1.82) is 0 Å². The number of benzene rings is 1. The monoisotopic (exact) mass is 505 g/mol. The SMILES string of the molecule is Cn1cc(-c2ccc3nnc(C(F)(F)c4ccc5c(c4)C=CC(I)N5)n3n2)cn1. The quantitative estimate of drug-likeness (QED) is 0.260. The molecule has 3 aromatic heterocycles. The fraction of sp³-hybridized carbons (Fsp3) is 0.158. The number of hydrogen-bond donors (Lipinski definition) is 1. The summed E-state index contributed by atoms with van der Waals surface area (Å²) in [4.78, 5) is 0. The molecule has 29 heavy (non-hydrogen) atoms. The van der Waals surface area contributed by atoms with Crippen LogP contribution in [0.25, 0.3) is 23.0 Å². The maximum absolute atomic E-state index is 15.4. The molecular formula is C19H14F2IN7. The van der Waals surface area contributed by atoms with Crippen LogP contribution in [0.4, 0.5) is 14.5 Å². The third-order valence-electron chi connectivity index (χ3n) is 4.70. The number of hydrogen-bond acceptors (Lipinski definition) is 5. The van der Waals surface area contributed by atoms with E-state index in [-0.39, 0.29) is 15.3 Å². The van der Waals surface area contributed by atoms with Gasteiger partial charge in [0.15, 0.2) is 5.65 Å². The topological polar surface area (TPSA) is 72.9 Å². The molecule has 1 aromatic carbocycles. The zero-order chi connectivity index (χ0) is 20.2. The van der Waals surface area contributed by atoms with Gasteiger partial charge in [0.25, 0.3) is 0 Å². The van der Waals surface area contributed by atoms with Crippen LogP contribution < -0.4 is 5.32 Å². The standard InChI is InChI=1S/C19H14F2IN7/c1-28-10-12(9-23-28)15-5-7-17-25-26-18(29(17)27-15)19(20,21)13-3-4-14-11(8-13)2-6-16(22)24-14/h2-10,16,24H,1H3. The number of alkyl halides is 3. The van der Waals surface area contributed by atoms with Crippen LogP contribution in [0.3, 0.4) is 0 Å². The van der Waals surface area contributed by atoms with E-state index in [2.05, 4.69) is 48.3 Å². The second-order valence-electron chi connectivity index (χ2n) is 6.70. The molecule has 10 heteroatoms. The normalized spacial score (nSPS) is 16.1. The number of rotatable bonds is 3. The second-order valence-corrected chi connectivity index (χ2v) is 8.04. The fourth-order valence-electron chi connectivity index (χ4n) is 3.23. The van der Waals surface area contributed by atoms with Gasteiger partial charge in [-0.15, -0.1) is 10.2 Å². The molecule has 0 radical (unpaired) electrons. The Labute approximate surface area is 177 Å². The summed E-state index contributed by atoms with van der Waals surface area (Å²) < 4.78 is 33.7. The number of aryl methyl sites for hydroxylation is 1. The first-order chi connectivity index (χ1) is 13.9. The summed E-state index contributed by atoms with van der Waals surface area (Å²) in [6, 6.07) is 7.85. The van der Waals surface area contributed by atoms with Crippen molar-refractivity contribution in [2.45, 2.75) is 9.97 Å². The Kier molecular flexibility index (Phi) is 4.12. The highest BCUT2D eigenvalue weighted by Crippen LogP contribution is 2.37. The minimum Gasteiger partial charge on any atom is -0.370 e. The Morgan fingerprint density at radius 3 is 2.83 bits per heavy atom. The number of anilines is 1. The van der Waals surface area contributed by atoms with E-state index in [9.17, 15) is 0 Å². The lowest BCUT2D eigenvalue weighted by Crippen LogP contribution is -2.21. The van der Waals surface area contributed by atoms with Gasteiger partial charge in [0.1, 0.15) is 0 Å². The Balaban J connectivity index is 1.60. The highest BCUT2D eigenvalue weighted by Gasteiger charge is 2.40. The van der Waals surface area contributed by atoms with E-state index in [1.54, 1.807) is 42.3 Å². The molecule has 4 heterocycles. The van der Waals surface area contributed by atoms with Gasteiger partial charge in [-0.1, -0.05) is 40.8 Å². The summed E-state index contributed by atoms with van der Waals surface area (Å²) in [5, 5.41) is 19.3. The molecule has 5 rings (SSSR count). The zero-order valence-electron chi connectivity index (χ0n) is 15.1. The first-order valence-electron chi connectivity index (χ1n) is 8.75. The highest BCUT2D eigenvalue weighted by molar-refractivity contribution is 14.1. The van der Waals surface area contributed by atoms with Crippen molar-refractivity contribution in [3.8, 4) is 11.3 Å². The van der Waals surface area contributed by atoms with Crippen LogP contribution in [-0.4, -0.2) is 33.6 Å². The van der Waals surface area contributed by atoms with Gasteiger partial charge in [-0.2, -0.15) is 23.5 Å². The fourth-order valence-corrected chi connectivity index (χ4v) is 3.78. The van der Waals surface area contributed by atoms with Gasteiger partial charge in [-0.3, -0.25) is 4.68 Å². The van der Waals surface area contributed by atoms with Crippen LogP contribution in [0.5, 0.6) is 0 Å². The van der Waals surface area contributed by atoms with Crippen molar-refractivity contribution in [1.82, 2.24) is 29.6 Å². The summed E-state index contributed by atoms with van der Waals surface area (Å²) in [6.07, 6.45) is 7.14. The van der Waals surface area contributed by atoms with Crippen molar-refractivity contribution < 1.29 is 8.78 Å². The minimum absolute atomic E-state index is 0.127. The molecule has 0 saturated carbocycles. The predicted molar refractivity (Wildman–Crippen MR) is 113 cm³/mol. The molecule has 1 atom stereocenters. The van der Waals surface area contributed by atoms with E-state index >= 15 is 8.78 Å². The van der Waals surface area contributed by atoms with Crippen LogP contribution in [0.2, 0.25) is 0 Å². The molecule has 1 unspecified atom stereocenters. The van der Waals surface area contributed by atoms with Crippen molar-refractivity contribution >= 4 is 40.0 Å². The molecule has 7 nitrogen and oxygen atoms in total. The number of fused-ring (bicyclic) bond motifs is 2. The summed E-state index contributed by atoms with van der Waals surface area (Å²) in [7, 11) is 1.78. The lowest BCUT2D eigenvalue weighted by atomic mass is 10.0. The highest BCUT2D eigenvalue weighted by atomic mass is 127. The van der Waals surface area contributed by atoms with E-state index in [4.69, 9.17) is 0 Å². The Bertz CT molecular complexity index is 1260. The summed E-state index contributed by atoms with van der Waals surface area (Å²) in [5.41, 5.74) is 2.82. The molecular weight excluding hydrogens is 491 g/mol. The summed E-state index contributed by atoms with van der Waals surface area (Å²) in [5.74, 6) is -3.90. The van der Waals surface area contributed by atoms with Gasteiger partial charge in [0.05, 0.1) is 15.9 Å². The van der Waals surface area contributed by atoms with Crippen molar-refractivity contribution in [2.24, 2.45) is 7.05 Å². The van der Waals surface area contributed by atoms with Gasteiger partial charge < -0.3 is 5.32 Å². The molecule has 0 fully saturated rings. The van der Waals surface area contributed by atoms with Gasteiger partial charge in [-0.05, 0) is 29.8 Å². The Morgan fingerprint density at radius 2 is 2.03 bits per heavy atom. The van der Waals surface area contributed by atoms with Crippen LogP contribution in [0.15, 0.2) is 48.8 Å². The first kappa shape index (κ1) is 18.2. The molecule has 1 N–H and O–H groups in total. The van der Waals surface area contributed by atoms with Crippen molar-refractivity contribution in [2.75, 3.05) is 5.32 Å². The van der Waals surface area contributed by atoms with Gasteiger partial charge in [0, 0.05) is 30.1 Å². The van der Waals surface area contributed by atoms with Crippen molar-refractivity contribution in [3.05, 3.63) is 65.8 Å². The number of aromatic nitrogens is 6. The summed E-state index contributed by atoms with van der Waals surface area (Å²) in [6.45, 7) is 0. The van der Waals surface area contributed by atoms with Gasteiger partial charge >= 0.3 is 5.92 Å². The van der Waals surface area contributed by atoms with E-state index in [0.717, 1.165) is 15.8 Å². The van der Waals surface area contributed by atoms with Crippen LogP contribution in [-0.2, 0) is 13.0 Å². The van der Waals surface area contributed by atoms with E-state index < -0.39 is 11.7 Å². The zero-order valence-corrected chi connectivity index (χ0v) is 17.2. The molecule has 0 bridgehead atoms. The van der Waals surface area contributed by atoms with Gasteiger partial charge in [-0.25, -0.2) is 0 Å². The molecule has 1 aliphatic rings. The van der Waals surface area contributed by atoms with E-state index in [1.807, 2.05) is 12.2 Å². The molecule has 0 saturated heterocycles. The van der Waals surface area contributed by atoms with E-state index in [1.165, 1.54) is 12.1 Å². The average molecular weight is 505 g/mol. The lowest BCUT2D eigenvalue weighted by Gasteiger charge is -2.21. The van der Waals surface area contributed by atoms with Crippen molar-refractivity contribution in [3.63, 3.8) is 0 Å². The van der Waals surface area contributed by atoms with E-state index in [0.29, 0.717) is 11.3 Å². The number of halogens is 3. The smallest absolute Gasteiger partial charge is 0.333 e. The Hall–Kier alpha value is -2.89.